The molecular weight excluding hydrogens is 724 g/mol. The SMILES string of the molecule is CC[N+](CC)(CCCCN(Cc1ccc2ccccc2c1)C(=O)c1sc2c(F)ccc(C(F)(F)F)c2c1Cl)Cc1cc(C)cc(C)c1.[Br-]. The van der Waals surface area contributed by atoms with E-state index in [-0.39, 0.29) is 38.1 Å². The van der Waals surface area contributed by atoms with E-state index in [1.165, 1.54) is 16.7 Å². The molecule has 3 nitrogen and oxygen atoms in total. The van der Waals surface area contributed by atoms with E-state index in [1.807, 2.05) is 42.5 Å². The van der Waals surface area contributed by atoms with Crippen LogP contribution in [-0.4, -0.2) is 41.5 Å². The molecule has 0 N–H and O–H groups in total. The summed E-state index contributed by atoms with van der Waals surface area (Å²) in [4.78, 5) is 15.7. The maximum Gasteiger partial charge on any atom is 0.417 e. The summed E-state index contributed by atoms with van der Waals surface area (Å²) in [6.45, 7) is 13.0. The highest BCUT2D eigenvalue weighted by Crippen LogP contribution is 2.45. The van der Waals surface area contributed by atoms with Gasteiger partial charge in [-0.3, -0.25) is 4.79 Å². The largest absolute Gasteiger partial charge is 1.00 e. The molecule has 48 heavy (non-hydrogen) atoms. The van der Waals surface area contributed by atoms with Gasteiger partial charge >= 0.3 is 6.18 Å². The fourth-order valence-electron chi connectivity index (χ4n) is 6.60. The van der Waals surface area contributed by atoms with E-state index in [9.17, 15) is 22.4 Å². The molecule has 0 saturated carbocycles. The molecule has 1 aromatic heterocycles. The van der Waals surface area contributed by atoms with Gasteiger partial charge in [-0.2, -0.15) is 13.2 Å². The average Bonchev–Trinajstić information content (AvgIpc) is 3.38. The van der Waals surface area contributed by atoms with Crippen LogP contribution in [0.2, 0.25) is 5.02 Å². The van der Waals surface area contributed by atoms with Crippen LogP contribution in [0.15, 0.2) is 72.8 Å². The number of rotatable bonds is 12. The van der Waals surface area contributed by atoms with Crippen molar-refractivity contribution in [2.75, 3.05) is 26.2 Å². The summed E-state index contributed by atoms with van der Waals surface area (Å²) >= 11 is 7.20. The molecule has 4 aromatic carbocycles. The molecular formula is C38H40BrClF4N2OS. The third-order valence-corrected chi connectivity index (χ3v) is 10.8. The molecule has 0 aliphatic heterocycles. The molecule has 5 aromatic rings. The topological polar surface area (TPSA) is 20.3 Å². The number of carbonyl (C=O) groups is 1. The van der Waals surface area contributed by atoms with Crippen LogP contribution in [-0.2, 0) is 19.3 Å². The number of halogens is 6. The lowest BCUT2D eigenvalue weighted by molar-refractivity contribution is -0.938. The summed E-state index contributed by atoms with van der Waals surface area (Å²) in [6, 6.07) is 22.0. The van der Waals surface area contributed by atoms with Gasteiger partial charge in [0.25, 0.3) is 5.91 Å². The molecule has 0 aliphatic carbocycles. The van der Waals surface area contributed by atoms with E-state index in [2.05, 4.69) is 45.9 Å². The van der Waals surface area contributed by atoms with E-state index in [1.54, 1.807) is 4.90 Å². The van der Waals surface area contributed by atoms with Crippen molar-refractivity contribution in [3.05, 3.63) is 116 Å². The molecule has 0 saturated heterocycles. The molecule has 0 atom stereocenters. The van der Waals surface area contributed by atoms with Crippen molar-refractivity contribution in [2.45, 2.75) is 59.8 Å². The van der Waals surface area contributed by atoms with E-state index in [4.69, 9.17) is 11.6 Å². The first-order valence-electron chi connectivity index (χ1n) is 16.0. The molecule has 0 aliphatic rings. The van der Waals surface area contributed by atoms with Crippen molar-refractivity contribution in [3.63, 3.8) is 0 Å². The quantitative estimate of drug-likeness (QED) is 0.0718. The summed E-state index contributed by atoms with van der Waals surface area (Å²) in [5.41, 5.74) is 3.64. The van der Waals surface area contributed by atoms with Gasteiger partial charge in [-0.15, -0.1) is 11.3 Å². The second kappa shape index (κ2) is 15.7. The number of hydrogen-bond acceptors (Lipinski definition) is 2. The number of carbonyl (C=O) groups excluding carboxylic acids is 1. The van der Waals surface area contributed by atoms with Gasteiger partial charge in [-0.25, -0.2) is 4.39 Å². The minimum Gasteiger partial charge on any atom is -1.00 e. The summed E-state index contributed by atoms with van der Waals surface area (Å²) in [5, 5.41) is 1.27. The monoisotopic (exact) mass is 762 g/mol. The van der Waals surface area contributed by atoms with Crippen LogP contribution in [0.1, 0.15) is 64.2 Å². The Bertz CT molecular complexity index is 1880. The molecule has 10 heteroatoms. The van der Waals surface area contributed by atoms with Gasteiger partial charge in [-0.05, 0) is 75.1 Å². The van der Waals surface area contributed by atoms with Crippen molar-refractivity contribution in [2.24, 2.45) is 0 Å². The average molecular weight is 764 g/mol. The Kier molecular flexibility index (Phi) is 12.4. The van der Waals surface area contributed by atoms with Crippen molar-refractivity contribution >= 4 is 49.7 Å². The molecule has 0 bridgehead atoms. The molecule has 1 heterocycles. The highest BCUT2D eigenvalue weighted by Gasteiger charge is 2.36. The number of fused-ring (bicyclic) bond motifs is 2. The number of amides is 1. The lowest BCUT2D eigenvalue weighted by Crippen LogP contribution is -3.00. The van der Waals surface area contributed by atoms with Crippen LogP contribution in [0.5, 0.6) is 0 Å². The summed E-state index contributed by atoms with van der Waals surface area (Å²) in [6.07, 6.45) is -3.21. The van der Waals surface area contributed by atoms with Gasteiger partial charge < -0.3 is 26.4 Å². The molecule has 0 fully saturated rings. The third kappa shape index (κ3) is 8.41. The highest BCUT2D eigenvalue weighted by molar-refractivity contribution is 7.21. The number of thiophene rings is 1. The smallest absolute Gasteiger partial charge is 0.417 e. The minimum absolute atomic E-state index is 0. The van der Waals surface area contributed by atoms with E-state index in [0.29, 0.717) is 30.4 Å². The van der Waals surface area contributed by atoms with Gasteiger partial charge in [0.05, 0.1) is 34.9 Å². The molecule has 256 valence electrons. The first kappa shape index (κ1) is 37.8. The molecule has 0 radical (unpaired) electrons. The first-order chi connectivity index (χ1) is 22.3. The number of benzene rings is 4. The zero-order valence-electron chi connectivity index (χ0n) is 27.6. The van der Waals surface area contributed by atoms with Gasteiger partial charge in [0.15, 0.2) is 0 Å². The lowest BCUT2D eigenvalue weighted by atomic mass is 10.1. The number of unbranched alkanes of at least 4 members (excludes halogenated alkanes) is 1. The number of quaternary nitrogens is 1. The van der Waals surface area contributed by atoms with Crippen LogP contribution < -0.4 is 17.0 Å². The van der Waals surface area contributed by atoms with Crippen molar-refractivity contribution in [1.82, 2.24) is 4.90 Å². The Hall–Kier alpha value is -2.98. The van der Waals surface area contributed by atoms with E-state index >= 15 is 0 Å². The maximum atomic E-state index is 14.8. The number of aryl methyl sites for hydroxylation is 2. The predicted molar refractivity (Wildman–Crippen MR) is 186 cm³/mol. The Morgan fingerprint density at radius 3 is 2.19 bits per heavy atom. The first-order valence-corrected chi connectivity index (χ1v) is 17.2. The highest BCUT2D eigenvalue weighted by atomic mass is 79.9. The second-order valence-electron chi connectivity index (χ2n) is 12.5. The zero-order chi connectivity index (χ0) is 33.9. The minimum atomic E-state index is -4.75. The van der Waals surface area contributed by atoms with Crippen LogP contribution in [0, 0.1) is 19.7 Å². The Morgan fingerprint density at radius 2 is 1.54 bits per heavy atom. The lowest BCUT2D eigenvalue weighted by Gasteiger charge is -2.37. The zero-order valence-corrected chi connectivity index (χ0v) is 30.7. The standard InChI is InChI=1S/C38H40ClF4N2OS.BrH/c1-5-45(6-2,24-28-20-25(3)19-26(4)21-28)18-10-9-17-44(23-27-13-14-29-11-7-8-12-30(29)22-27)37(46)36-34(39)33-31(38(41,42)43)15-16-32(40)35(33)47-36;/h7-8,11-16,19-22H,5-6,9-10,17-18,23-24H2,1-4H3;1H/q+1;/p-1. The predicted octanol–water partition coefficient (Wildman–Crippen LogP) is 7.97. The van der Waals surface area contributed by atoms with E-state index < -0.39 is 28.9 Å². The van der Waals surface area contributed by atoms with Crippen molar-refractivity contribution in [3.8, 4) is 0 Å². The molecule has 5 rings (SSSR count). The van der Waals surface area contributed by atoms with Gasteiger partial charge in [0.1, 0.15) is 17.2 Å². The summed E-state index contributed by atoms with van der Waals surface area (Å²) in [5.74, 6) is -1.34. The normalized spacial score (nSPS) is 12.0. The van der Waals surface area contributed by atoms with Gasteiger partial charge in [-0.1, -0.05) is 77.3 Å². The second-order valence-corrected chi connectivity index (χ2v) is 13.9. The molecule has 0 unspecified atom stereocenters. The number of nitrogens with zero attached hydrogens (tertiary/aromatic N) is 2. The van der Waals surface area contributed by atoms with Crippen LogP contribution in [0.3, 0.4) is 0 Å². The van der Waals surface area contributed by atoms with Gasteiger partial charge in [0.2, 0.25) is 0 Å². The molecule has 1 amide bonds. The number of hydrogen-bond donors (Lipinski definition) is 0. The van der Waals surface area contributed by atoms with Crippen molar-refractivity contribution in [1.29, 1.82) is 0 Å². The Morgan fingerprint density at radius 1 is 0.875 bits per heavy atom. The van der Waals surface area contributed by atoms with Crippen LogP contribution in [0.25, 0.3) is 20.9 Å². The van der Waals surface area contributed by atoms with Crippen LogP contribution in [0.4, 0.5) is 17.6 Å². The van der Waals surface area contributed by atoms with E-state index in [0.717, 1.165) is 59.5 Å². The Balaban J connectivity index is 0.00000520. The fourth-order valence-corrected chi connectivity index (χ4v) is 8.14. The fraction of sp³-hybridized carbons (Fsp3) is 0.342. The Labute approximate surface area is 299 Å². The van der Waals surface area contributed by atoms with Crippen LogP contribution >= 0.6 is 22.9 Å². The summed E-state index contributed by atoms with van der Waals surface area (Å²) < 4.78 is 57.1. The molecule has 0 spiro atoms. The van der Waals surface area contributed by atoms with Crippen molar-refractivity contribution < 1.29 is 43.8 Å². The summed E-state index contributed by atoms with van der Waals surface area (Å²) in [7, 11) is 0. The third-order valence-electron chi connectivity index (χ3n) is 9.16. The van der Waals surface area contributed by atoms with Gasteiger partial charge in [0, 0.05) is 24.0 Å². The maximum absolute atomic E-state index is 14.8. The number of alkyl halides is 3.